The molecule has 2 aliphatic heterocycles. The van der Waals surface area contributed by atoms with Crippen LogP contribution in [0.4, 0.5) is 11.6 Å². The van der Waals surface area contributed by atoms with E-state index in [4.69, 9.17) is 21.3 Å². The van der Waals surface area contributed by atoms with Crippen LogP contribution in [0.5, 0.6) is 0 Å². The number of carbonyl (C=O) groups is 1. The van der Waals surface area contributed by atoms with Gasteiger partial charge in [0.2, 0.25) is 12.4 Å². The van der Waals surface area contributed by atoms with Crippen LogP contribution in [-0.4, -0.2) is 76.7 Å². The number of likely N-dealkylation sites (tertiary alicyclic amines) is 1. The summed E-state index contributed by atoms with van der Waals surface area (Å²) in [4.78, 5) is 24.5. The highest BCUT2D eigenvalue weighted by Crippen LogP contribution is 2.40. The van der Waals surface area contributed by atoms with Gasteiger partial charge in [-0.05, 0) is 51.5 Å². The molecule has 2 fully saturated rings. The molecule has 33 heavy (non-hydrogen) atoms. The van der Waals surface area contributed by atoms with Gasteiger partial charge in [0.1, 0.15) is 5.82 Å². The standard InChI is InChI=1S/C23H32ClN7O2/c1-15(2)26-21-18(24)17(5-9-25-21)19-16(3)20(29-28-19)27-22(30(4)14-32)31-10-6-23(7-11-31)8-12-33-13-23/h5,9,14-15H,6-8,10-13H2,1-4H3,(H,25,26)(H,28,29). The quantitative estimate of drug-likeness (QED) is 0.389. The van der Waals surface area contributed by atoms with E-state index >= 15 is 0 Å². The van der Waals surface area contributed by atoms with E-state index in [1.54, 1.807) is 13.2 Å². The summed E-state index contributed by atoms with van der Waals surface area (Å²) in [5, 5.41) is 11.3. The maximum Gasteiger partial charge on any atom is 0.216 e. The molecule has 0 saturated carbocycles. The summed E-state index contributed by atoms with van der Waals surface area (Å²) in [5.74, 6) is 1.76. The number of anilines is 1. The molecule has 2 aliphatic rings. The first-order chi connectivity index (χ1) is 15.8. The van der Waals surface area contributed by atoms with E-state index in [2.05, 4.69) is 25.4 Å². The number of guanidine groups is 1. The second-order valence-corrected chi connectivity index (χ2v) is 9.66. The van der Waals surface area contributed by atoms with Gasteiger partial charge >= 0.3 is 0 Å². The van der Waals surface area contributed by atoms with Gasteiger partial charge in [-0.1, -0.05) is 11.6 Å². The number of nitrogens with one attached hydrogen (secondary N) is 2. The lowest BCUT2D eigenvalue weighted by molar-refractivity contribution is -0.114. The van der Waals surface area contributed by atoms with Gasteiger partial charge in [0, 0.05) is 50.1 Å². The van der Waals surface area contributed by atoms with Gasteiger partial charge in [-0.3, -0.25) is 14.8 Å². The fourth-order valence-electron chi connectivity index (χ4n) is 4.51. The minimum Gasteiger partial charge on any atom is -0.381 e. The van der Waals surface area contributed by atoms with Crippen LogP contribution in [0.25, 0.3) is 11.3 Å². The van der Waals surface area contributed by atoms with Crippen molar-refractivity contribution in [2.45, 2.75) is 46.1 Å². The minimum atomic E-state index is 0.203. The van der Waals surface area contributed by atoms with Crippen LogP contribution < -0.4 is 5.32 Å². The third-order valence-corrected chi connectivity index (χ3v) is 6.92. The molecule has 178 valence electrons. The van der Waals surface area contributed by atoms with E-state index in [-0.39, 0.29) is 11.5 Å². The van der Waals surface area contributed by atoms with E-state index in [0.29, 0.717) is 22.6 Å². The Labute approximate surface area is 199 Å². The molecule has 2 saturated heterocycles. The Morgan fingerprint density at radius 1 is 1.39 bits per heavy atom. The molecule has 1 amide bonds. The van der Waals surface area contributed by atoms with Crippen LogP contribution in [0.3, 0.4) is 0 Å². The van der Waals surface area contributed by atoms with Crippen molar-refractivity contribution in [3.05, 3.63) is 22.8 Å². The Kier molecular flexibility index (Phi) is 6.90. The van der Waals surface area contributed by atoms with Gasteiger partial charge in [-0.25, -0.2) is 4.98 Å². The first-order valence-corrected chi connectivity index (χ1v) is 11.8. The molecule has 1 spiro atoms. The Morgan fingerprint density at radius 3 is 2.79 bits per heavy atom. The zero-order valence-corrected chi connectivity index (χ0v) is 20.4. The van der Waals surface area contributed by atoms with Crippen LogP contribution in [0.1, 0.15) is 38.7 Å². The third-order valence-electron chi connectivity index (χ3n) is 6.54. The average Bonchev–Trinajstić information content (AvgIpc) is 3.40. The number of piperidine rings is 1. The van der Waals surface area contributed by atoms with E-state index in [9.17, 15) is 4.79 Å². The van der Waals surface area contributed by atoms with Gasteiger partial charge in [0.05, 0.1) is 17.3 Å². The summed E-state index contributed by atoms with van der Waals surface area (Å²) in [5.41, 5.74) is 2.71. The monoisotopic (exact) mass is 473 g/mol. The van der Waals surface area contributed by atoms with E-state index in [1.807, 2.05) is 26.8 Å². The average molecular weight is 474 g/mol. The van der Waals surface area contributed by atoms with Crippen molar-refractivity contribution in [1.82, 2.24) is 25.0 Å². The highest BCUT2D eigenvalue weighted by atomic mass is 35.5. The topological polar surface area (TPSA) is 98.7 Å². The molecule has 0 bridgehead atoms. The van der Waals surface area contributed by atoms with Crippen LogP contribution in [0.15, 0.2) is 17.3 Å². The first-order valence-electron chi connectivity index (χ1n) is 11.4. The Hall–Kier alpha value is -2.65. The lowest BCUT2D eigenvalue weighted by Gasteiger charge is -2.40. The molecular weight excluding hydrogens is 442 g/mol. The maximum absolute atomic E-state index is 11.6. The number of amides is 1. The molecule has 10 heteroatoms. The van der Waals surface area contributed by atoms with Gasteiger partial charge in [-0.2, -0.15) is 10.1 Å². The number of pyridine rings is 1. The Bertz CT molecular complexity index is 1020. The second-order valence-electron chi connectivity index (χ2n) is 9.29. The lowest BCUT2D eigenvalue weighted by atomic mass is 9.78. The summed E-state index contributed by atoms with van der Waals surface area (Å²) >= 11 is 6.65. The molecule has 0 aliphatic carbocycles. The summed E-state index contributed by atoms with van der Waals surface area (Å²) in [7, 11) is 1.72. The Balaban J connectivity index is 1.62. The first kappa shape index (κ1) is 23.5. The van der Waals surface area contributed by atoms with Crippen molar-refractivity contribution >= 4 is 35.6 Å². The van der Waals surface area contributed by atoms with Crippen LogP contribution in [0.2, 0.25) is 5.02 Å². The molecule has 4 heterocycles. The highest BCUT2D eigenvalue weighted by Gasteiger charge is 2.39. The fourth-order valence-corrected chi connectivity index (χ4v) is 4.77. The molecule has 2 aromatic rings. The van der Waals surface area contributed by atoms with Crippen molar-refractivity contribution in [2.24, 2.45) is 10.4 Å². The number of aromatic nitrogens is 3. The van der Waals surface area contributed by atoms with E-state index < -0.39 is 0 Å². The van der Waals surface area contributed by atoms with Crippen LogP contribution in [0, 0.1) is 12.3 Å². The molecule has 0 radical (unpaired) electrons. The van der Waals surface area contributed by atoms with Crippen molar-refractivity contribution in [1.29, 1.82) is 0 Å². The van der Waals surface area contributed by atoms with Crippen LogP contribution >= 0.6 is 11.6 Å². The number of hydrogen-bond acceptors (Lipinski definition) is 6. The molecule has 2 N–H and O–H groups in total. The van der Waals surface area contributed by atoms with Crippen LogP contribution in [-0.2, 0) is 9.53 Å². The second kappa shape index (κ2) is 9.69. The summed E-state index contributed by atoms with van der Waals surface area (Å²) in [6.45, 7) is 9.35. The SMILES string of the molecule is Cc1c(N=C(N(C)C=O)N2CCC3(CCOC3)CC2)n[nH]c1-c1ccnc(NC(C)C)c1Cl. The summed E-state index contributed by atoms with van der Waals surface area (Å²) in [6, 6.07) is 2.06. The molecule has 2 aromatic heterocycles. The number of hydrogen-bond donors (Lipinski definition) is 2. The van der Waals surface area contributed by atoms with Gasteiger partial charge < -0.3 is 15.0 Å². The van der Waals surface area contributed by atoms with E-state index in [1.165, 1.54) is 4.90 Å². The van der Waals surface area contributed by atoms with Gasteiger partial charge in [-0.15, -0.1) is 0 Å². The maximum atomic E-state index is 11.6. The molecular formula is C23H32ClN7O2. The van der Waals surface area contributed by atoms with Crippen molar-refractivity contribution in [3.63, 3.8) is 0 Å². The minimum absolute atomic E-state index is 0.203. The van der Waals surface area contributed by atoms with Crippen molar-refractivity contribution < 1.29 is 9.53 Å². The zero-order valence-electron chi connectivity index (χ0n) is 19.7. The Morgan fingerprint density at radius 2 is 2.15 bits per heavy atom. The molecule has 4 rings (SSSR count). The number of ether oxygens (including phenoxy) is 1. The summed E-state index contributed by atoms with van der Waals surface area (Å²) in [6.07, 6.45) is 5.67. The van der Waals surface area contributed by atoms with Gasteiger partial charge in [0.15, 0.2) is 5.82 Å². The van der Waals surface area contributed by atoms with Crippen molar-refractivity contribution in [3.8, 4) is 11.3 Å². The smallest absolute Gasteiger partial charge is 0.216 e. The molecule has 0 aromatic carbocycles. The number of aromatic amines is 1. The number of rotatable bonds is 5. The van der Waals surface area contributed by atoms with Crippen molar-refractivity contribution in [2.75, 3.05) is 38.7 Å². The number of halogens is 1. The lowest BCUT2D eigenvalue weighted by Crippen LogP contribution is -2.48. The number of aliphatic imine (C=N–C) groups is 1. The fraction of sp³-hybridized carbons (Fsp3) is 0.565. The summed E-state index contributed by atoms with van der Waals surface area (Å²) < 4.78 is 5.65. The third kappa shape index (κ3) is 4.84. The molecule has 9 nitrogen and oxygen atoms in total. The zero-order chi connectivity index (χ0) is 23.6. The number of carbonyl (C=O) groups excluding carboxylic acids is 1. The van der Waals surface area contributed by atoms with Gasteiger partial charge in [0.25, 0.3) is 0 Å². The van der Waals surface area contributed by atoms with E-state index in [0.717, 1.165) is 68.8 Å². The largest absolute Gasteiger partial charge is 0.381 e. The number of nitrogens with zero attached hydrogens (tertiary/aromatic N) is 5. The normalized spacial score (nSPS) is 18.2. The predicted molar refractivity (Wildman–Crippen MR) is 130 cm³/mol. The predicted octanol–water partition coefficient (Wildman–Crippen LogP) is 3.83. The highest BCUT2D eigenvalue weighted by molar-refractivity contribution is 6.35. The number of H-pyrrole nitrogens is 1. The molecule has 0 atom stereocenters. The molecule has 0 unspecified atom stereocenters.